The zero-order valence-electron chi connectivity index (χ0n) is 13.9. The third-order valence-electron chi connectivity index (χ3n) is 3.16. The number of aliphatic imine (C=N–C) groups is 1. The number of hydrogen-bond donors (Lipinski definition) is 4. The number of hydrogen-bond acceptors (Lipinski definition) is 8. The molecule has 0 saturated carbocycles. The molecule has 9 heteroatoms. The highest BCUT2D eigenvalue weighted by Gasteiger charge is 2.06. The number of nitrogens with two attached hydrogens (primary N) is 1. The highest BCUT2D eigenvalue weighted by molar-refractivity contribution is 6.32. The first-order valence-corrected chi connectivity index (χ1v) is 8.09. The van der Waals surface area contributed by atoms with E-state index in [0.29, 0.717) is 28.6 Å². The largest absolute Gasteiger partial charge is 0.403 e. The molecule has 1 heterocycles. The van der Waals surface area contributed by atoms with E-state index < -0.39 is 0 Å². The molecule has 26 heavy (non-hydrogen) atoms. The maximum absolute atomic E-state index is 8.95. The summed E-state index contributed by atoms with van der Waals surface area (Å²) in [4.78, 5) is 12.4. The lowest BCUT2D eigenvalue weighted by Crippen LogP contribution is -2.09. The molecule has 0 amide bonds. The zero-order chi connectivity index (χ0) is 18.8. The average molecular weight is 372 g/mol. The summed E-state index contributed by atoms with van der Waals surface area (Å²) in [6.45, 7) is 0.672. The second kappa shape index (κ2) is 9.98. The predicted octanol–water partition coefficient (Wildman–Crippen LogP) is 1.89. The normalized spacial score (nSPS) is 11.3. The minimum atomic E-state index is -0.0487. The van der Waals surface area contributed by atoms with Crippen molar-refractivity contribution < 1.29 is 5.11 Å². The molecule has 0 spiro atoms. The smallest absolute Gasteiger partial charge is 0.229 e. The summed E-state index contributed by atoms with van der Waals surface area (Å²) < 4.78 is 0. The molecule has 0 atom stereocenters. The van der Waals surface area contributed by atoms with Gasteiger partial charge in [-0.1, -0.05) is 23.7 Å². The minimum Gasteiger partial charge on any atom is -0.403 e. The van der Waals surface area contributed by atoms with E-state index in [9.17, 15) is 0 Å². The van der Waals surface area contributed by atoms with E-state index in [1.807, 2.05) is 12.1 Å². The van der Waals surface area contributed by atoms with Crippen LogP contribution >= 0.6 is 11.6 Å². The number of allylic oxidation sites excluding steroid dienone is 1. The van der Waals surface area contributed by atoms with Crippen molar-refractivity contribution in [2.45, 2.75) is 6.54 Å². The molecule has 0 fully saturated rings. The van der Waals surface area contributed by atoms with E-state index in [1.165, 1.54) is 18.6 Å². The topological polar surface area (TPSA) is 132 Å². The Labute approximate surface area is 156 Å². The lowest BCUT2D eigenvalue weighted by atomic mass is 10.1. The molecular formula is C17H18ClN7O. The van der Waals surface area contributed by atoms with Crippen molar-refractivity contribution in [3.05, 3.63) is 58.5 Å². The van der Waals surface area contributed by atoms with Gasteiger partial charge in [0.25, 0.3) is 0 Å². The lowest BCUT2D eigenvalue weighted by Gasteiger charge is -2.10. The van der Waals surface area contributed by atoms with Gasteiger partial charge in [-0.25, -0.2) is 4.98 Å². The van der Waals surface area contributed by atoms with Crippen LogP contribution in [0.25, 0.3) is 0 Å². The molecular weight excluding hydrogens is 354 g/mol. The quantitative estimate of drug-likeness (QED) is 0.521. The summed E-state index contributed by atoms with van der Waals surface area (Å²) >= 11 is 6.13. The monoisotopic (exact) mass is 371 g/mol. The number of aliphatic hydroxyl groups is 1. The van der Waals surface area contributed by atoms with E-state index in [2.05, 4.69) is 31.7 Å². The number of benzene rings is 1. The Balaban J connectivity index is 2.07. The Morgan fingerprint density at radius 1 is 1.46 bits per heavy atom. The van der Waals surface area contributed by atoms with Crippen molar-refractivity contribution in [1.82, 2.24) is 9.97 Å². The van der Waals surface area contributed by atoms with Crippen LogP contribution in [0.5, 0.6) is 0 Å². The van der Waals surface area contributed by atoms with Gasteiger partial charge in [-0.15, -0.1) is 0 Å². The van der Waals surface area contributed by atoms with Crippen LogP contribution in [0, 0.1) is 11.3 Å². The molecule has 5 N–H and O–H groups in total. The molecule has 1 aromatic carbocycles. The summed E-state index contributed by atoms with van der Waals surface area (Å²) in [5, 5.41) is 24.1. The molecule has 1 aromatic heterocycles. The van der Waals surface area contributed by atoms with Gasteiger partial charge in [0.2, 0.25) is 5.95 Å². The maximum atomic E-state index is 8.95. The average Bonchev–Trinajstić information content (AvgIpc) is 2.67. The molecule has 2 aromatic rings. The van der Waals surface area contributed by atoms with Crippen LogP contribution in [0.1, 0.15) is 11.1 Å². The standard InChI is InChI=1S/C17H18ClN7O/c18-15-11-23-17(24-14(8-20)10-21-4-5-26)25-16(15)22-9-13-3-1-2-12(6-13)7-19/h1-3,6,8,10-11,26H,4-5,9,20H2,(H2,22,23,24,25)/b14-8+,21-10?. The van der Waals surface area contributed by atoms with Gasteiger partial charge in [0, 0.05) is 19.0 Å². The minimum absolute atomic E-state index is 0.0487. The van der Waals surface area contributed by atoms with Crippen molar-refractivity contribution in [1.29, 1.82) is 5.26 Å². The summed E-state index contributed by atoms with van der Waals surface area (Å²) in [5.74, 6) is 0.727. The first-order valence-electron chi connectivity index (χ1n) is 7.71. The molecule has 0 saturated heterocycles. The molecule has 134 valence electrons. The Hall–Kier alpha value is -3.15. The number of halogens is 1. The van der Waals surface area contributed by atoms with Crippen LogP contribution in [0.2, 0.25) is 5.02 Å². The number of nitriles is 1. The van der Waals surface area contributed by atoms with Gasteiger partial charge >= 0.3 is 0 Å². The van der Waals surface area contributed by atoms with Crippen LogP contribution in [-0.4, -0.2) is 34.4 Å². The van der Waals surface area contributed by atoms with E-state index in [0.717, 1.165) is 5.56 Å². The van der Waals surface area contributed by atoms with E-state index >= 15 is 0 Å². The number of aliphatic hydroxyl groups excluding tert-OH is 1. The zero-order valence-corrected chi connectivity index (χ0v) is 14.6. The molecule has 2 rings (SSSR count). The third-order valence-corrected chi connectivity index (χ3v) is 3.43. The Morgan fingerprint density at radius 3 is 3.04 bits per heavy atom. The van der Waals surface area contributed by atoms with Crippen molar-refractivity contribution in [3.8, 4) is 6.07 Å². The highest BCUT2D eigenvalue weighted by Crippen LogP contribution is 2.20. The van der Waals surface area contributed by atoms with Crippen molar-refractivity contribution in [2.24, 2.45) is 10.7 Å². The van der Waals surface area contributed by atoms with Gasteiger partial charge in [-0.05, 0) is 17.7 Å². The SMILES string of the molecule is N#Cc1cccc(CNc2nc(N/C(C=NCCO)=C/N)ncc2Cl)c1. The van der Waals surface area contributed by atoms with Crippen molar-refractivity contribution in [3.63, 3.8) is 0 Å². The van der Waals surface area contributed by atoms with Crippen LogP contribution in [0.3, 0.4) is 0 Å². The Kier molecular flexibility index (Phi) is 7.36. The number of aromatic nitrogens is 2. The van der Waals surface area contributed by atoms with Gasteiger partial charge in [0.1, 0.15) is 5.02 Å². The second-order valence-corrected chi connectivity index (χ2v) is 5.47. The molecule has 0 aliphatic heterocycles. The Morgan fingerprint density at radius 2 is 2.31 bits per heavy atom. The van der Waals surface area contributed by atoms with Gasteiger partial charge in [0.05, 0.1) is 36.7 Å². The first kappa shape index (κ1) is 19.2. The van der Waals surface area contributed by atoms with Gasteiger partial charge in [0.15, 0.2) is 5.82 Å². The number of anilines is 2. The van der Waals surface area contributed by atoms with E-state index in [1.54, 1.807) is 12.1 Å². The molecule has 0 bridgehead atoms. The van der Waals surface area contributed by atoms with Crippen LogP contribution in [0.15, 0.2) is 47.4 Å². The number of rotatable bonds is 8. The van der Waals surface area contributed by atoms with Crippen molar-refractivity contribution >= 4 is 29.6 Å². The molecule has 0 aliphatic carbocycles. The number of nitrogens with zero attached hydrogens (tertiary/aromatic N) is 4. The second-order valence-electron chi connectivity index (χ2n) is 5.06. The van der Waals surface area contributed by atoms with Crippen LogP contribution in [0.4, 0.5) is 11.8 Å². The lowest BCUT2D eigenvalue weighted by molar-refractivity contribution is 0.307. The molecule has 0 radical (unpaired) electrons. The fourth-order valence-corrected chi connectivity index (χ4v) is 2.11. The molecule has 0 aliphatic rings. The first-order chi connectivity index (χ1) is 12.7. The molecule has 0 unspecified atom stereocenters. The van der Waals surface area contributed by atoms with Gasteiger partial charge in [-0.2, -0.15) is 10.2 Å². The van der Waals surface area contributed by atoms with Crippen LogP contribution in [-0.2, 0) is 6.54 Å². The van der Waals surface area contributed by atoms with Gasteiger partial charge in [-0.3, -0.25) is 4.99 Å². The summed E-state index contributed by atoms with van der Waals surface area (Å²) in [6.07, 6.45) is 4.26. The summed E-state index contributed by atoms with van der Waals surface area (Å²) in [6, 6.07) is 9.34. The molecule has 8 nitrogen and oxygen atoms in total. The van der Waals surface area contributed by atoms with E-state index in [-0.39, 0.29) is 19.1 Å². The summed E-state index contributed by atoms with van der Waals surface area (Å²) in [5.41, 5.74) is 7.52. The maximum Gasteiger partial charge on any atom is 0.229 e. The fourth-order valence-electron chi connectivity index (χ4n) is 1.95. The van der Waals surface area contributed by atoms with E-state index in [4.69, 9.17) is 27.7 Å². The fraction of sp³-hybridized carbons (Fsp3) is 0.176. The predicted molar refractivity (Wildman–Crippen MR) is 102 cm³/mol. The summed E-state index contributed by atoms with van der Waals surface area (Å²) in [7, 11) is 0. The van der Waals surface area contributed by atoms with Gasteiger partial charge < -0.3 is 21.5 Å². The van der Waals surface area contributed by atoms with Crippen LogP contribution < -0.4 is 16.4 Å². The Bertz CT molecular complexity index is 845. The van der Waals surface area contributed by atoms with Crippen molar-refractivity contribution in [2.75, 3.05) is 23.8 Å². The highest BCUT2D eigenvalue weighted by atomic mass is 35.5. The third kappa shape index (κ3) is 5.73. The number of nitrogens with one attached hydrogen (secondary N) is 2.